The van der Waals surface area contributed by atoms with Crippen LogP contribution < -0.4 is 4.74 Å². The summed E-state index contributed by atoms with van der Waals surface area (Å²) in [6.07, 6.45) is 1.61. The van der Waals surface area contributed by atoms with Crippen LogP contribution in [0.15, 0.2) is 36.5 Å². The first-order valence-corrected chi connectivity index (χ1v) is 5.74. The SMILES string of the molecule is Cc1cc(C)cc(OCc2cccnc2C#N)c1. The van der Waals surface area contributed by atoms with Crippen molar-refractivity contribution < 1.29 is 4.74 Å². The maximum atomic E-state index is 8.94. The smallest absolute Gasteiger partial charge is 0.147 e. The second-order valence-corrected chi connectivity index (χ2v) is 4.24. The van der Waals surface area contributed by atoms with Crippen LogP contribution in [0.25, 0.3) is 0 Å². The maximum absolute atomic E-state index is 8.94. The van der Waals surface area contributed by atoms with Gasteiger partial charge in [-0.3, -0.25) is 0 Å². The molecule has 1 aromatic carbocycles. The number of benzene rings is 1. The van der Waals surface area contributed by atoms with Crippen molar-refractivity contribution in [2.75, 3.05) is 0 Å². The molecule has 2 aromatic rings. The Kier molecular flexibility index (Phi) is 3.59. The highest BCUT2D eigenvalue weighted by atomic mass is 16.5. The van der Waals surface area contributed by atoms with Crippen LogP contribution in [0.2, 0.25) is 0 Å². The molecule has 0 spiro atoms. The van der Waals surface area contributed by atoms with Crippen molar-refractivity contribution in [1.29, 1.82) is 5.26 Å². The minimum atomic E-state index is 0.361. The molecular formula is C15H14N2O. The number of hydrogen-bond acceptors (Lipinski definition) is 3. The van der Waals surface area contributed by atoms with E-state index in [0.717, 1.165) is 22.4 Å². The average molecular weight is 238 g/mol. The normalized spacial score (nSPS) is 9.83. The van der Waals surface area contributed by atoms with Crippen molar-refractivity contribution in [2.24, 2.45) is 0 Å². The number of aromatic nitrogens is 1. The zero-order chi connectivity index (χ0) is 13.0. The number of aryl methyl sites for hydroxylation is 2. The Labute approximate surface area is 107 Å². The lowest BCUT2D eigenvalue weighted by atomic mass is 10.1. The minimum Gasteiger partial charge on any atom is -0.489 e. The van der Waals surface area contributed by atoms with Crippen molar-refractivity contribution in [3.63, 3.8) is 0 Å². The molecule has 0 aliphatic carbocycles. The van der Waals surface area contributed by atoms with Gasteiger partial charge in [-0.1, -0.05) is 12.1 Å². The molecule has 0 saturated heterocycles. The summed E-state index contributed by atoms with van der Waals surface area (Å²) in [5, 5.41) is 8.94. The molecule has 90 valence electrons. The van der Waals surface area contributed by atoms with Crippen LogP contribution in [0.5, 0.6) is 5.75 Å². The van der Waals surface area contributed by atoms with Crippen molar-refractivity contribution >= 4 is 0 Å². The van der Waals surface area contributed by atoms with E-state index >= 15 is 0 Å². The van der Waals surface area contributed by atoms with Gasteiger partial charge >= 0.3 is 0 Å². The molecule has 1 aromatic heterocycles. The molecule has 0 fully saturated rings. The van der Waals surface area contributed by atoms with Crippen LogP contribution in [0.4, 0.5) is 0 Å². The van der Waals surface area contributed by atoms with Crippen molar-refractivity contribution in [1.82, 2.24) is 4.98 Å². The van der Waals surface area contributed by atoms with Gasteiger partial charge in [-0.2, -0.15) is 5.26 Å². The maximum Gasteiger partial charge on any atom is 0.147 e. The summed E-state index contributed by atoms with van der Waals surface area (Å²) >= 11 is 0. The van der Waals surface area contributed by atoms with E-state index in [-0.39, 0.29) is 0 Å². The number of nitrogens with zero attached hydrogens (tertiary/aromatic N) is 2. The highest BCUT2D eigenvalue weighted by Crippen LogP contribution is 2.18. The van der Waals surface area contributed by atoms with Crippen LogP contribution in [0.1, 0.15) is 22.4 Å². The Morgan fingerprint density at radius 2 is 1.94 bits per heavy atom. The van der Waals surface area contributed by atoms with Gasteiger partial charge < -0.3 is 4.74 Å². The highest BCUT2D eigenvalue weighted by molar-refractivity contribution is 5.34. The monoisotopic (exact) mass is 238 g/mol. The van der Waals surface area contributed by atoms with Gasteiger partial charge in [-0.15, -0.1) is 0 Å². The minimum absolute atomic E-state index is 0.361. The lowest BCUT2D eigenvalue weighted by Gasteiger charge is -2.08. The lowest BCUT2D eigenvalue weighted by molar-refractivity contribution is 0.305. The molecule has 0 aliphatic heterocycles. The zero-order valence-corrected chi connectivity index (χ0v) is 10.5. The molecular weight excluding hydrogens is 224 g/mol. The van der Waals surface area contributed by atoms with E-state index < -0.39 is 0 Å². The standard InChI is InChI=1S/C15H14N2O/c1-11-6-12(2)8-14(7-11)18-10-13-4-3-5-17-15(13)9-16/h3-8H,10H2,1-2H3. The highest BCUT2D eigenvalue weighted by Gasteiger charge is 2.03. The quantitative estimate of drug-likeness (QED) is 0.825. The third-order valence-corrected chi connectivity index (χ3v) is 2.59. The average Bonchev–Trinajstić information content (AvgIpc) is 2.35. The molecule has 18 heavy (non-hydrogen) atoms. The van der Waals surface area contributed by atoms with Crippen LogP contribution in [-0.2, 0) is 6.61 Å². The molecule has 0 unspecified atom stereocenters. The molecule has 3 heteroatoms. The first-order valence-electron chi connectivity index (χ1n) is 5.74. The molecule has 2 rings (SSSR count). The molecule has 0 N–H and O–H groups in total. The summed E-state index contributed by atoms with van der Waals surface area (Å²) in [5.74, 6) is 0.820. The fourth-order valence-electron chi connectivity index (χ4n) is 1.83. The van der Waals surface area contributed by atoms with Gasteiger partial charge in [0, 0.05) is 11.8 Å². The molecule has 0 saturated carbocycles. The molecule has 0 bridgehead atoms. The summed E-state index contributed by atoms with van der Waals surface area (Å²) in [7, 11) is 0. The van der Waals surface area contributed by atoms with E-state index in [2.05, 4.69) is 17.1 Å². The Morgan fingerprint density at radius 1 is 1.22 bits per heavy atom. The first kappa shape index (κ1) is 12.1. The van der Waals surface area contributed by atoms with E-state index in [9.17, 15) is 0 Å². The van der Waals surface area contributed by atoms with E-state index in [1.54, 1.807) is 12.3 Å². The topological polar surface area (TPSA) is 45.9 Å². The molecule has 1 heterocycles. The zero-order valence-electron chi connectivity index (χ0n) is 10.5. The Bertz CT molecular complexity index is 579. The second-order valence-electron chi connectivity index (χ2n) is 4.24. The summed E-state index contributed by atoms with van der Waals surface area (Å²) < 4.78 is 5.71. The summed E-state index contributed by atoms with van der Waals surface area (Å²) in [5.41, 5.74) is 3.55. The molecule has 0 aliphatic rings. The van der Waals surface area contributed by atoms with Crippen molar-refractivity contribution in [3.8, 4) is 11.8 Å². The molecule has 0 radical (unpaired) electrons. The largest absolute Gasteiger partial charge is 0.489 e. The van der Waals surface area contributed by atoms with Gasteiger partial charge in [-0.05, 0) is 43.2 Å². The second kappa shape index (κ2) is 5.33. The number of pyridine rings is 1. The van der Waals surface area contributed by atoms with Gasteiger partial charge in [0.1, 0.15) is 24.1 Å². The predicted molar refractivity (Wildman–Crippen MR) is 69.2 cm³/mol. The van der Waals surface area contributed by atoms with E-state index in [1.807, 2.05) is 32.0 Å². The Morgan fingerprint density at radius 3 is 2.61 bits per heavy atom. The Balaban J connectivity index is 2.14. The van der Waals surface area contributed by atoms with Crippen molar-refractivity contribution in [2.45, 2.75) is 20.5 Å². The van der Waals surface area contributed by atoms with Crippen LogP contribution in [0, 0.1) is 25.2 Å². The van der Waals surface area contributed by atoms with Gasteiger partial charge in [0.2, 0.25) is 0 Å². The summed E-state index contributed by atoms with van der Waals surface area (Å²) in [6, 6.07) is 11.8. The van der Waals surface area contributed by atoms with Crippen molar-refractivity contribution in [3.05, 3.63) is 58.9 Å². The van der Waals surface area contributed by atoms with E-state index in [1.165, 1.54) is 0 Å². The van der Waals surface area contributed by atoms with Crippen LogP contribution >= 0.6 is 0 Å². The Hall–Kier alpha value is -2.34. The lowest BCUT2D eigenvalue weighted by Crippen LogP contribution is -2.00. The molecule has 3 nitrogen and oxygen atoms in total. The van der Waals surface area contributed by atoms with Crippen LogP contribution in [-0.4, -0.2) is 4.98 Å². The summed E-state index contributed by atoms with van der Waals surface area (Å²) in [4.78, 5) is 4.00. The molecule has 0 amide bonds. The number of rotatable bonds is 3. The third-order valence-electron chi connectivity index (χ3n) is 2.59. The third kappa shape index (κ3) is 2.86. The fourth-order valence-corrected chi connectivity index (χ4v) is 1.83. The first-order chi connectivity index (χ1) is 8.69. The van der Waals surface area contributed by atoms with Crippen LogP contribution in [0.3, 0.4) is 0 Å². The number of hydrogen-bond donors (Lipinski definition) is 0. The van der Waals surface area contributed by atoms with Gasteiger partial charge in [0.05, 0.1) is 0 Å². The fraction of sp³-hybridized carbons (Fsp3) is 0.200. The van der Waals surface area contributed by atoms with Gasteiger partial charge in [-0.25, -0.2) is 4.98 Å². The van der Waals surface area contributed by atoms with Gasteiger partial charge in [0.15, 0.2) is 0 Å². The van der Waals surface area contributed by atoms with Gasteiger partial charge in [0.25, 0.3) is 0 Å². The van der Waals surface area contributed by atoms with E-state index in [0.29, 0.717) is 12.3 Å². The molecule has 0 atom stereocenters. The number of ether oxygens (including phenoxy) is 1. The predicted octanol–water partition coefficient (Wildman–Crippen LogP) is 3.15. The van der Waals surface area contributed by atoms with E-state index in [4.69, 9.17) is 10.00 Å². The number of nitriles is 1. The summed E-state index contributed by atoms with van der Waals surface area (Å²) in [6.45, 7) is 4.43.